The summed E-state index contributed by atoms with van der Waals surface area (Å²) in [5.74, 6) is -1.72. The number of ether oxygens (including phenoxy) is 1. The molecule has 1 aliphatic rings. The van der Waals surface area contributed by atoms with Crippen LogP contribution in [0.3, 0.4) is 0 Å². The first-order chi connectivity index (χ1) is 13.9. The molecule has 0 aromatic heterocycles. The van der Waals surface area contributed by atoms with Gasteiger partial charge in [-0.25, -0.2) is 8.78 Å². The van der Waals surface area contributed by atoms with Gasteiger partial charge in [-0.15, -0.1) is 0 Å². The summed E-state index contributed by atoms with van der Waals surface area (Å²) in [5, 5.41) is 2.87. The molecule has 2 atom stereocenters. The van der Waals surface area contributed by atoms with Gasteiger partial charge in [0.25, 0.3) is 0 Å². The molecule has 1 unspecified atom stereocenters. The zero-order chi connectivity index (χ0) is 20.8. The monoisotopic (exact) mass is 401 g/mol. The van der Waals surface area contributed by atoms with Gasteiger partial charge in [-0.2, -0.15) is 0 Å². The first-order valence-corrected chi connectivity index (χ1v) is 9.56. The number of nitrogens with two attached hydrogens (primary N) is 1. The van der Waals surface area contributed by atoms with Crippen LogP contribution in [-0.4, -0.2) is 38.3 Å². The molecule has 1 aliphatic heterocycles. The molecule has 0 bridgehead atoms. The molecule has 1 saturated heterocycles. The average Bonchev–Trinajstić information content (AvgIpc) is 2.71. The van der Waals surface area contributed by atoms with Gasteiger partial charge >= 0.3 is 0 Å². The van der Waals surface area contributed by atoms with Gasteiger partial charge in [0.2, 0.25) is 5.91 Å². The number of nitrogens with zero attached hydrogens (tertiary/aromatic N) is 1. The maximum Gasteiger partial charge on any atom is 0.244 e. The number of carbonyl (C=O) groups excluding carboxylic acids is 1. The summed E-state index contributed by atoms with van der Waals surface area (Å²) in [7, 11) is 0. The van der Waals surface area contributed by atoms with Crippen molar-refractivity contribution < 1.29 is 18.3 Å². The third kappa shape index (κ3) is 5.85. The smallest absolute Gasteiger partial charge is 0.244 e. The van der Waals surface area contributed by atoms with Crippen LogP contribution in [0.5, 0.6) is 0 Å². The van der Waals surface area contributed by atoms with Crippen molar-refractivity contribution in [3.05, 3.63) is 71.3 Å². The van der Waals surface area contributed by atoms with E-state index in [1.807, 2.05) is 31.2 Å². The lowest BCUT2D eigenvalue weighted by Crippen LogP contribution is -2.45. The number of amides is 1. The quantitative estimate of drug-likeness (QED) is 0.731. The fraction of sp³-hybridized carbons (Fsp3) is 0.318. The zero-order valence-corrected chi connectivity index (χ0v) is 16.3. The van der Waals surface area contributed by atoms with E-state index in [9.17, 15) is 13.6 Å². The highest BCUT2D eigenvalue weighted by atomic mass is 19.1. The Morgan fingerprint density at radius 3 is 2.79 bits per heavy atom. The van der Waals surface area contributed by atoms with E-state index < -0.39 is 11.6 Å². The zero-order valence-electron chi connectivity index (χ0n) is 16.3. The number of benzene rings is 2. The highest BCUT2D eigenvalue weighted by Crippen LogP contribution is 2.22. The number of rotatable bonds is 6. The Bertz CT molecular complexity index is 868. The summed E-state index contributed by atoms with van der Waals surface area (Å²) in [6, 6.07) is 10.8. The van der Waals surface area contributed by atoms with Crippen molar-refractivity contribution in [3.63, 3.8) is 0 Å². The second-order valence-corrected chi connectivity index (χ2v) is 7.04. The number of nitrogens with one attached hydrogen (secondary N) is 1. The van der Waals surface area contributed by atoms with E-state index in [1.165, 1.54) is 12.2 Å². The van der Waals surface area contributed by atoms with Crippen molar-refractivity contribution in [1.29, 1.82) is 0 Å². The molecule has 0 radical (unpaired) electrons. The second-order valence-electron chi connectivity index (χ2n) is 7.04. The lowest BCUT2D eigenvalue weighted by atomic mass is 10.1. The molecule has 29 heavy (non-hydrogen) atoms. The van der Waals surface area contributed by atoms with Crippen LogP contribution in [0.15, 0.2) is 48.5 Å². The van der Waals surface area contributed by atoms with E-state index in [-0.39, 0.29) is 23.6 Å². The van der Waals surface area contributed by atoms with Crippen LogP contribution in [0, 0.1) is 11.6 Å². The standard InChI is InChI=1S/C22H25F2N3O2/c1-15(26-22(28)6-5-16-9-18(23)12-19(24)10-16)17-3-2-4-20(11-17)27-7-8-29-21(13-25)14-27/h2-6,9-12,15,21H,7-8,13-14,25H2,1H3,(H,26,28)/b6-5+/t15-,21?/m1/s1. The van der Waals surface area contributed by atoms with E-state index in [2.05, 4.69) is 10.2 Å². The van der Waals surface area contributed by atoms with Crippen LogP contribution in [0.2, 0.25) is 0 Å². The summed E-state index contributed by atoms with van der Waals surface area (Å²) in [5.41, 5.74) is 8.01. The van der Waals surface area contributed by atoms with Crippen molar-refractivity contribution >= 4 is 17.7 Å². The molecular weight excluding hydrogens is 376 g/mol. The van der Waals surface area contributed by atoms with E-state index >= 15 is 0 Å². The lowest BCUT2D eigenvalue weighted by Gasteiger charge is -2.34. The molecule has 0 saturated carbocycles. The third-order valence-corrected chi connectivity index (χ3v) is 4.81. The topological polar surface area (TPSA) is 67.6 Å². The predicted molar refractivity (Wildman–Crippen MR) is 109 cm³/mol. The van der Waals surface area contributed by atoms with E-state index in [1.54, 1.807) is 0 Å². The van der Waals surface area contributed by atoms with E-state index in [0.717, 1.165) is 42.5 Å². The van der Waals surface area contributed by atoms with Crippen molar-refractivity contribution in [1.82, 2.24) is 5.32 Å². The molecule has 3 N–H and O–H groups in total. The van der Waals surface area contributed by atoms with Gasteiger partial charge in [0.15, 0.2) is 0 Å². The maximum absolute atomic E-state index is 13.2. The van der Waals surface area contributed by atoms with Crippen LogP contribution in [0.1, 0.15) is 24.1 Å². The number of anilines is 1. The van der Waals surface area contributed by atoms with Gasteiger partial charge in [-0.05, 0) is 48.4 Å². The predicted octanol–water partition coefficient (Wildman–Crippen LogP) is 3.02. The minimum Gasteiger partial charge on any atom is -0.373 e. The van der Waals surface area contributed by atoms with Crippen LogP contribution in [-0.2, 0) is 9.53 Å². The normalized spacial score (nSPS) is 18.1. The molecule has 2 aromatic rings. The largest absolute Gasteiger partial charge is 0.373 e. The van der Waals surface area contributed by atoms with Crippen molar-refractivity contribution in [2.24, 2.45) is 5.73 Å². The molecule has 1 heterocycles. The molecule has 7 heteroatoms. The van der Waals surface area contributed by atoms with Gasteiger partial charge < -0.3 is 20.7 Å². The Balaban J connectivity index is 1.63. The Morgan fingerprint density at radius 2 is 2.07 bits per heavy atom. The fourth-order valence-electron chi connectivity index (χ4n) is 3.28. The Labute approximate surface area is 169 Å². The summed E-state index contributed by atoms with van der Waals surface area (Å²) >= 11 is 0. The summed E-state index contributed by atoms with van der Waals surface area (Å²) in [6.45, 7) is 4.50. The fourth-order valence-corrected chi connectivity index (χ4v) is 3.28. The Morgan fingerprint density at radius 1 is 1.31 bits per heavy atom. The van der Waals surface area contributed by atoms with Gasteiger partial charge in [-0.1, -0.05) is 12.1 Å². The Hall–Kier alpha value is -2.77. The summed E-state index contributed by atoms with van der Waals surface area (Å²) in [6.07, 6.45) is 2.66. The minimum atomic E-state index is -0.685. The van der Waals surface area contributed by atoms with Crippen molar-refractivity contribution in [2.75, 3.05) is 31.1 Å². The van der Waals surface area contributed by atoms with Crippen LogP contribution in [0.25, 0.3) is 6.08 Å². The highest BCUT2D eigenvalue weighted by Gasteiger charge is 2.20. The van der Waals surface area contributed by atoms with Gasteiger partial charge in [0.05, 0.1) is 18.8 Å². The van der Waals surface area contributed by atoms with Crippen LogP contribution < -0.4 is 16.0 Å². The maximum atomic E-state index is 13.2. The summed E-state index contributed by atoms with van der Waals surface area (Å²) in [4.78, 5) is 14.4. The number of hydrogen-bond acceptors (Lipinski definition) is 4. The molecule has 154 valence electrons. The number of carbonyl (C=O) groups is 1. The molecule has 0 spiro atoms. The lowest BCUT2D eigenvalue weighted by molar-refractivity contribution is -0.117. The van der Waals surface area contributed by atoms with E-state index in [4.69, 9.17) is 10.5 Å². The molecule has 2 aromatic carbocycles. The molecule has 3 rings (SSSR count). The van der Waals surface area contributed by atoms with Crippen LogP contribution in [0.4, 0.5) is 14.5 Å². The van der Waals surface area contributed by atoms with Crippen molar-refractivity contribution in [2.45, 2.75) is 19.1 Å². The first-order valence-electron chi connectivity index (χ1n) is 9.56. The highest BCUT2D eigenvalue weighted by molar-refractivity contribution is 5.92. The summed E-state index contributed by atoms with van der Waals surface area (Å²) < 4.78 is 32.1. The minimum absolute atomic E-state index is 0.0160. The van der Waals surface area contributed by atoms with Gasteiger partial charge in [-0.3, -0.25) is 4.79 Å². The average molecular weight is 401 g/mol. The SMILES string of the molecule is C[C@@H](NC(=O)/C=C/c1cc(F)cc(F)c1)c1cccc(N2CCOC(CN)C2)c1. The number of morpholine rings is 1. The number of hydrogen-bond donors (Lipinski definition) is 2. The molecule has 0 aliphatic carbocycles. The van der Waals surface area contributed by atoms with E-state index in [0.29, 0.717) is 13.2 Å². The van der Waals surface area contributed by atoms with Crippen molar-refractivity contribution in [3.8, 4) is 0 Å². The Kier molecular flexibility index (Phi) is 6.95. The second kappa shape index (κ2) is 9.62. The molecular formula is C22H25F2N3O2. The van der Waals surface area contributed by atoms with Crippen LogP contribution >= 0.6 is 0 Å². The molecule has 5 nitrogen and oxygen atoms in total. The van der Waals surface area contributed by atoms with Gasteiger partial charge in [0, 0.05) is 37.5 Å². The third-order valence-electron chi connectivity index (χ3n) is 4.81. The molecule has 1 fully saturated rings. The molecule has 1 amide bonds. The van der Waals surface area contributed by atoms with Gasteiger partial charge in [0.1, 0.15) is 11.6 Å². The first kappa shape index (κ1) is 21.0. The number of halogens is 2.